The second-order valence-corrected chi connectivity index (χ2v) is 7.16. The zero-order chi connectivity index (χ0) is 17.4. The molecular formula is C18H18N4O2S. The number of para-hydroxylation sites is 1. The zero-order valence-corrected chi connectivity index (χ0v) is 14.7. The SMILES string of the molecule is Cn1cc(CC(=O)Nc2nc3c(s2)C(=O)NCCC3)c2ccccc21. The molecule has 3 aromatic rings. The number of thiazole rings is 1. The average molecular weight is 354 g/mol. The van der Waals surface area contributed by atoms with E-state index in [1.807, 2.05) is 42.1 Å². The van der Waals surface area contributed by atoms with Gasteiger partial charge in [0, 0.05) is 30.7 Å². The molecule has 0 saturated carbocycles. The number of rotatable bonds is 3. The lowest BCUT2D eigenvalue weighted by Crippen LogP contribution is -2.21. The summed E-state index contributed by atoms with van der Waals surface area (Å²) in [5.41, 5.74) is 2.86. The van der Waals surface area contributed by atoms with Crippen molar-refractivity contribution >= 4 is 39.2 Å². The number of nitrogens with zero attached hydrogens (tertiary/aromatic N) is 2. The maximum absolute atomic E-state index is 12.4. The van der Waals surface area contributed by atoms with Gasteiger partial charge >= 0.3 is 0 Å². The lowest BCUT2D eigenvalue weighted by Gasteiger charge is -2.01. The number of amides is 2. The summed E-state index contributed by atoms with van der Waals surface area (Å²) in [7, 11) is 1.97. The number of anilines is 1. The number of benzene rings is 1. The van der Waals surface area contributed by atoms with E-state index in [1.54, 1.807) is 0 Å². The largest absolute Gasteiger partial charge is 0.351 e. The highest BCUT2D eigenvalue weighted by Crippen LogP contribution is 2.26. The van der Waals surface area contributed by atoms with Crippen LogP contribution in [-0.4, -0.2) is 27.9 Å². The van der Waals surface area contributed by atoms with Gasteiger partial charge in [-0.05, 0) is 24.5 Å². The Morgan fingerprint density at radius 1 is 1.40 bits per heavy atom. The summed E-state index contributed by atoms with van der Waals surface area (Å²) in [5, 5.41) is 7.26. The lowest BCUT2D eigenvalue weighted by atomic mass is 10.1. The molecule has 128 valence electrons. The maximum Gasteiger partial charge on any atom is 0.263 e. The smallest absolute Gasteiger partial charge is 0.263 e. The Morgan fingerprint density at radius 3 is 3.12 bits per heavy atom. The van der Waals surface area contributed by atoms with Crippen LogP contribution in [0, 0.1) is 0 Å². The molecule has 0 saturated heterocycles. The first kappa shape index (κ1) is 15.8. The van der Waals surface area contributed by atoms with Crippen molar-refractivity contribution in [2.75, 3.05) is 11.9 Å². The molecule has 2 amide bonds. The third-order valence-corrected chi connectivity index (χ3v) is 5.37. The minimum Gasteiger partial charge on any atom is -0.351 e. The van der Waals surface area contributed by atoms with Crippen LogP contribution >= 0.6 is 11.3 Å². The van der Waals surface area contributed by atoms with E-state index in [-0.39, 0.29) is 18.2 Å². The second kappa shape index (κ2) is 6.33. The summed E-state index contributed by atoms with van der Waals surface area (Å²) in [6.45, 7) is 0.671. The van der Waals surface area contributed by atoms with E-state index in [0.717, 1.165) is 35.0 Å². The van der Waals surface area contributed by atoms with Gasteiger partial charge in [-0.1, -0.05) is 29.5 Å². The highest BCUT2D eigenvalue weighted by atomic mass is 32.1. The fourth-order valence-electron chi connectivity index (χ4n) is 3.19. The van der Waals surface area contributed by atoms with Crippen LogP contribution < -0.4 is 10.6 Å². The molecule has 0 spiro atoms. The molecule has 1 aromatic carbocycles. The fraction of sp³-hybridized carbons (Fsp3) is 0.278. The standard InChI is InChI=1S/C18H18N4O2S/c1-22-10-11(12-5-2-3-7-14(12)22)9-15(23)21-18-20-13-6-4-8-19-17(24)16(13)25-18/h2-3,5,7,10H,4,6,8-9H2,1H3,(H,19,24)(H,20,21,23). The van der Waals surface area contributed by atoms with Crippen LogP contribution in [0.5, 0.6) is 0 Å². The lowest BCUT2D eigenvalue weighted by molar-refractivity contribution is -0.115. The number of nitrogens with one attached hydrogen (secondary N) is 2. The van der Waals surface area contributed by atoms with E-state index in [1.165, 1.54) is 11.3 Å². The molecule has 3 heterocycles. The van der Waals surface area contributed by atoms with Crippen LogP contribution in [-0.2, 0) is 24.7 Å². The normalized spacial score (nSPS) is 14.0. The Morgan fingerprint density at radius 2 is 2.24 bits per heavy atom. The molecule has 0 fully saturated rings. The van der Waals surface area contributed by atoms with Crippen molar-refractivity contribution in [3.8, 4) is 0 Å². The zero-order valence-electron chi connectivity index (χ0n) is 13.8. The predicted molar refractivity (Wildman–Crippen MR) is 98.0 cm³/mol. The van der Waals surface area contributed by atoms with E-state index in [0.29, 0.717) is 16.6 Å². The van der Waals surface area contributed by atoms with Crippen LogP contribution in [0.1, 0.15) is 27.3 Å². The molecular weight excluding hydrogens is 336 g/mol. The Hall–Kier alpha value is -2.67. The highest BCUT2D eigenvalue weighted by Gasteiger charge is 2.21. The van der Waals surface area contributed by atoms with Crippen LogP contribution in [0.15, 0.2) is 30.5 Å². The minimum atomic E-state index is -0.124. The van der Waals surface area contributed by atoms with Gasteiger partial charge in [-0.15, -0.1) is 0 Å². The number of aromatic nitrogens is 2. The average Bonchev–Trinajstić information content (AvgIpc) is 3.08. The predicted octanol–water partition coefficient (Wildman–Crippen LogP) is 2.49. The molecule has 4 rings (SSSR count). The Labute approximate surface area is 148 Å². The molecule has 1 aliphatic rings. The molecule has 0 unspecified atom stereocenters. The van der Waals surface area contributed by atoms with Gasteiger partial charge in [0.1, 0.15) is 4.88 Å². The quantitative estimate of drug-likeness (QED) is 0.759. The molecule has 0 aliphatic carbocycles. The van der Waals surface area contributed by atoms with Gasteiger partial charge in [-0.3, -0.25) is 9.59 Å². The molecule has 0 bridgehead atoms. The van der Waals surface area contributed by atoms with Gasteiger partial charge in [0.05, 0.1) is 12.1 Å². The third-order valence-electron chi connectivity index (χ3n) is 4.36. The molecule has 0 atom stereocenters. The van der Waals surface area contributed by atoms with Crippen molar-refractivity contribution in [3.63, 3.8) is 0 Å². The van der Waals surface area contributed by atoms with Crippen molar-refractivity contribution < 1.29 is 9.59 Å². The van der Waals surface area contributed by atoms with E-state index >= 15 is 0 Å². The van der Waals surface area contributed by atoms with Gasteiger partial charge in [0.15, 0.2) is 5.13 Å². The van der Waals surface area contributed by atoms with Crippen molar-refractivity contribution in [2.45, 2.75) is 19.3 Å². The van der Waals surface area contributed by atoms with Gasteiger partial charge in [-0.2, -0.15) is 0 Å². The van der Waals surface area contributed by atoms with Gasteiger partial charge < -0.3 is 15.2 Å². The first-order chi connectivity index (χ1) is 12.1. The monoisotopic (exact) mass is 354 g/mol. The summed E-state index contributed by atoms with van der Waals surface area (Å²) in [5.74, 6) is -0.222. The molecule has 2 N–H and O–H groups in total. The van der Waals surface area contributed by atoms with Crippen molar-refractivity contribution in [3.05, 3.63) is 46.6 Å². The van der Waals surface area contributed by atoms with E-state index < -0.39 is 0 Å². The second-order valence-electron chi connectivity index (χ2n) is 6.16. The maximum atomic E-state index is 12.4. The van der Waals surface area contributed by atoms with E-state index in [9.17, 15) is 9.59 Å². The van der Waals surface area contributed by atoms with Crippen LogP contribution in [0.2, 0.25) is 0 Å². The molecule has 1 aliphatic heterocycles. The van der Waals surface area contributed by atoms with Crippen LogP contribution in [0.4, 0.5) is 5.13 Å². The van der Waals surface area contributed by atoms with E-state index in [2.05, 4.69) is 15.6 Å². The summed E-state index contributed by atoms with van der Waals surface area (Å²) in [6, 6.07) is 8.02. The third kappa shape index (κ3) is 3.02. The van der Waals surface area contributed by atoms with Crippen LogP contribution in [0.3, 0.4) is 0 Å². The number of carbonyl (C=O) groups excluding carboxylic acids is 2. The molecule has 2 aromatic heterocycles. The van der Waals surface area contributed by atoms with Crippen molar-refractivity contribution in [2.24, 2.45) is 7.05 Å². The van der Waals surface area contributed by atoms with E-state index in [4.69, 9.17) is 0 Å². The Bertz CT molecular complexity index is 973. The molecule has 7 heteroatoms. The fourth-order valence-corrected chi connectivity index (χ4v) is 4.14. The van der Waals surface area contributed by atoms with Crippen molar-refractivity contribution in [1.29, 1.82) is 0 Å². The van der Waals surface area contributed by atoms with Crippen molar-refractivity contribution in [1.82, 2.24) is 14.9 Å². The summed E-state index contributed by atoms with van der Waals surface area (Å²) in [4.78, 5) is 29.5. The van der Waals surface area contributed by atoms with Gasteiger partial charge in [-0.25, -0.2) is 4.98 Å². The topological polar surface area (TPSA) is 76.0 Å². The molecule has 6 nitrogen and oxygen atoms in total. The molecule has 0 radical (unpaired) electrons. The minimum absolute atomic E-state index is 0.0976. The first-order valence-electron chi connectivity index (χ1n) is 8.22. The number of hydrogen-bond acceptors (Lipinski definition) is 4. The molecule has 25 heavy (non-hydrogen) atoms. The summed E-state index contributed by atoms with van der Waals surface area (Å²) < 4.78 is 2.02. The number of carbonyl (C=O) groups is 2. The summed E-state index contributed by atoms with van der Waals surface area (Å²) >= 11 is 1.24. The number of hydrogen-bond donors (Lipinski definition) is 2. The number of fused-ring (bicyclic) bond motifs is 2. The summed E-state index contributed by atoms with van der Waals surface area (Å²) in [6.07, 6.45) is 3.88. The first-order valence-corrected chi connectivity index (χ1v) is 9.04. The van der Waals surface area contributed by atoms with Gasteiger partial charge in [0.25, 0.3) is 5.91 Å². The highest BCUT2D eigenvalue weighted by molar-refractivity contribution is 7.17. The Kier molecular flexibility index (Phi) is 4.01. The Balaban J connectivity index is 1.53. The van der Waals surface area contributed by atoms with Gasteiger partial charge in [0.2, 0.25) is 5.91 Å². The number of aryl methyl sites for hydroxylation is 2. The van der Waals surface area contributed by atoms with Crippen LogP contribution in [0.25, 0.3) is 10.9 Å².